The zero-order valence-electron chi connectivity index (χ0n) is 20.7. The molecule has 8 heteroatoms. The topological polar surface area (TPSA) is 63.5 Å². The van der Waals surface area contributed by atoms with Gasteiger partial charge in [0, 0.05) is 43.3 Å². The number of carbonyl (C=O) groups excluding carboxylic acids is 1. The first-order valence-electron chi connectivity index (χ1n) is 12.0. The summed E-state index contributed by atoms with van der Waals surface area (Å²) in [6.07, 6.45) is 1.77. The van der Waals surface area contributed by atoms with Crippen LogP contribution < -0.4 is 4.90 Å². The fourth-order valence-electron chi connectivity index (χ4n) is 4.46. The highest BCUT2D eigenvalue weighted by Gasteiger charge is 2.22. The molecule has 0 aliphatic carbocycles. The summed E-state index contributed by atoms with van der Waals surface area (Å²) in [7, 11) is 1.85. The van der Waals surface area contributed by atoms with E-state index in [-0.39, 0.29) is 11.9 Å². The number of thiophene rings is 1. The van der Waals surface area contributed by atoms with E-state index >= 15 is 0 Å². The van der Waals surface area contributed by atoms with Crippen molar-refractivity contribution in [2.75, 3.05) is 38.3 Å². The number of hydrogen-bond acceptors (Lipinski definition) is 6. The van der Waals surface area contributed by atoms with E-state index in [9.17, 15) is 4.79 Å². The van der Waals surface area contributed by atoms with Crippen LogP contribution >= 0.6 is 11.3 Å². The van der Waals surface area contributed by atoms with E-state index in [1.807, 2.05) is 17.8 Å². The third-order valence-corrected chi connectivity index (χ3v) is 7.38. The monoisotopic (exact) mass is 489 g/mol. The van der Waals surface area contributed by atoms with Gasteiger partial charge in [-0.3, -0.25) is 4.79 Å². The average Bonchev–Trinajstić information content (AvgIpc) is 3.50. The Morgan fingerprint density at radius 1 is 1.14 bits per heavy atom. The van der Waals surface area contributed by atoms with Crippen LogP contribution in [0, 0.1) is 6.92 Å². The maximum Gasteiger partial charge on any atom is 0.254 e. The number of rotatable bonds is 6. The molecule has 0 N–H and O–H groups in total. The predicted molar refractivity (Wildman–Crippen MR) is 141 cm³/mol. The highest BCUT2D eigenvalue weighted by molar-refractivity contribution is 7.15. The Balaban J connectivity index is 1.43. The van der Waals surface area contributed by atoms with Gasteiger partial charge in [0.05, 0.1) is 40.9 Å². The molecule has 182 valence electrons. The van der Waals surface area contributed by atoms with Crippen molar-refractivity contribution in [3.63, 3.8) is 0 Å². The van der Waals surface area contributed by atoms with Crippen LogP contribution in [0.5, 0.6) is 0 Å². The fraction of sp³-hybridized carbons (Fsp3) is 0.370. The molecule has 3 aromatic heterocycles. The molecule has 1 fully saturated rings. The Morgan fingerprint density at radius 3 is 2.54 bits per heavy atom. The largest absolute Gasteiger partial charge is 0.378 e. The summed E-state index contributed by atoms with van der Waals surface area (Å²) in [6.45, 7) is 10.1. The Kier molecular flexibility index (Phi) is 6.58. The van der Waals surface area contributed by atoms with Gasteiger partial charge in [0.1, 0.15) is 0 Å². The number of morpholine rings is 1. The summed E-state index contributed by atoms with van der Waals surface area (Å²) in [4.78, 5) is 25.0. The Morgan fingerprint density at radius 2 is 1.89 bits per heavy atom. The number of amides is 1. The second kappa shape index (κ2) is 9.79. The molecule has 7 nitrogen and oxygen atoms in total. The molecule has 1 aromatic carbocycles. The van der Waals surface area contributed by atoms with E-state index in [1.54, 1.807) is 22.4 Å². The lowest BCUT2D eigenvalue weighted by molar-refractivity contribution is 0.0787. The minimum atomic E-state index is -0.0347. The average molecular weight is 490 g/mol. The second-order valence-electron chi connectivity index (χ2n) is 9.31. The van der Waals surface area contributed by atoms with Gasteiger partial charge < -0.3 is 14.5 Å². The summed E-state index contributed by atoms with van der Waals surface area (Å²) in [6, 6.07) is 14.7. The molecule has 1 aliphatic rings. The number of anilines is 1. The van der Waals surface area contributed by atoms with Crippen LogP contribution in [-0.2, 0) is 11.3 Å². The van der Waals surface area contributed by atoms with E-state index in [1.165, 1.54) is 10.6 Å². The first-order chi connectivity index (χ1) is 16.9. The maximum absolute atomic E-state index is 13.7. The van der Waals surface area contributed by atoms with Gasteiger partial charge in [0.25, 0.3) is 5.91 Å². The van der Waals surface area contributed by atoms with E-state index in [2.05, 4.69) is 67.2 Å². The first-order valence-corrected chi connectivity index (χ1v) is 12.8. The van der Waals surface area contributed by atoms with Crippen LogP contribution in [0.15, 0.2) is 48.7 Å². The zero-order valence-corrected chi connectivity index (χ0v) is 21.5. The Hall–Kier alpha value is -3.23. The summed E-state index contributed by atoms with van der Waals surface area (Å²) in [5.74, 6) is -0.0347. The zero-order chi connectivity index (χ0) is 24.5. The van der Waals surface area contributed by atoms with Gasteiger partial charge >= 0.3 is 0 Å². The molecule has 5 rings (SSSR count). The molecule has 1 saturated heterocycles. The smallest absolute Gasteiger partial charge is 0.254 e. The van der Waals surface area contributed by atoms with Gasteiger partial charge in [0.15, 0.2) is 5.65 Å². The van der Waals surface area contributed by atoms with Crippen LogP contribution in [0.25, 0.3) is 21.6 Å². The van der Waals surface area contributed by atoms with Crippen molar-refractivity contribution in [1.29, 1.82) is 0 Å². The Bertz CT molecular complexity index is 1340. The highest BCUT2D eigenvalue weighted by atomic mass is 32.1. The number of aromatic nitrogens is 3. The van der Waals surface area contributed by atoms with Crippen LogP contribution in [0.3, 0.4) is 0 Å². The molecule has 0 atom stereocenters. The highest BCUT2D eigenvalue weighted by Crippen LogP contribution is 2.31. The molecule has 4 aromatic rings. The van der Waals surface area contributed by atoms with Crippen LogP contribution in [-0.4, -0.2) is 58.9 Å². The van der Waals surface area contributed by atoms with Gasteiger partial charge in [-0.25, -0.2) is 9.67 Å². The minimum absolute atomic E-state index is 0.0347. The first kappa shape index (κ1) is 23.5. The lowest BCUT2D eigenvalue weighted by atomic mass is 10.1. The maximum atomic E-state index is 13.7. The number of carbonyl (C=O) groups is 1. The molecular formula is C27H31N5O2S. The van der Waals surface area contributed by atoms with Crippen LogP contribution in [0.2, 0.25) is 0 Å². The number of benzene rings is 1. The number of ether oxygens (including phenoxy) is 1. The van der Waals surface area contributed by atoms with Crippen molar-refractivity contribution in [3.05, 3.63) is 64.7 Å². The van der Waals surface area contributed by atoms with Crippen molar-refractivity contribution in [2.45, 2.75) is 33.4 Å². The summed E-state index contributed by atoms with van der Waals surface area (Å²) < 4.78 is 7.34. The second-order valence-corrected chi connectivity index (χ2v) is 10.6. The SMILES string of the molecule is Cc1ccc(-c2cc(C(=O)N(C)Cc3ccc(N4CCOCC4)cc3)c3cnn(C(C)C)c3n2)s1. The molecule has 0 radical (unpaired) electrons. The van der Waals surface area contributed by atoms with Crippen LogP contribution in [0.1, 0.15) is 40.7 Å². The molecular weight excluding hydrogens is 458 g/mol. The standard InChI is InChI=1S/C27H31N5O2S/c1-18(2)32-26-23(16-28-32)22(15-24(29-26)25-10-5-19(3)35-25)27(33)30(4)17-20-6-8-21(9-7-20)31-11-13-34-14-12-31/h5-10,15-16,18H,11-14,17H2,1-4H3. The number of fused-ring (bicyclic) bond motifs is 1. The summed E-state index contributed by atoms with van der Waals surface area (Å²) in [5, 5.41) is 5.34. The molecule has 0 saturated carbocycles. The predicted octanol–water partition coefficient (Wildman–Crippen LogP) is 5.16. The van der Waals surface area contributed by atoms with E-state index in [0.717, 1.165) is 53.5 Å². The van der Waals surface area contributed by atoms with Gasteiger partial charge in [-0.2, -0.15) is 5.10 Å². The van der Waals surface area contributed by atoms with E-state index in [4.69, 9.17) is 9.72 Å². The van der Waals surface area contributed by atoms with Crippen LogP contribution in [0.4, 0.5) is 5.69 Å². The third kappa shape index (κ3) is 4.81. The molecule has 0 unspecified atom stereocenters. The molecule has 1 aliphatic heterocycles. The van der Waals surface area contributed by atoms with Crippen molar-refractivity contribution in [3.8, 4) is 10.6 Å². The number of pyridine rings is 1. The molecule has 4 heterocycles. The van der Waals surface area contributed by atoms with Gasteiger partial charge in [-0.15, -0.1) is 11.3 Å². The van der Waals surface area contributed by atoms with Gasteiger partial charge in [-0.1, -0.05) is 12.1 Å². The molecule has 1 amide bonds. The van der Waals surface area contributed by atoms with Gasteiger partial charge in [-0.05, 0) is 56.7 Å². The lowest BCUT2D eigenvalue weighted by Gasteiger charge is -2.29. The Labute approximate surface area is 209 Å². The molecule has 0 spiro atoms. The quantitative estimate of drug-likeness (QED) is 0.374. The molecule has 35 heavy (non-hydrogen) atoms. The number of nitrogens with zero attached hydrogens (tertiary/aromatic N) is 5. The number of hydrogen-bond donors (Lipinski definition) is 0. The molecule has 0 bridgehead atoms. The van der Waals surface area contributed by atoms with Crippen molar-refractivity contribution >= 4 is 34.0 Å². The van der Waals surface area contributed by atoms with E-state index in [0.29, 0.717) is 12.1 Å². The fourth-order valence-corrected chi connectivity index (χ4v) is 5.28. The summed E-state index contributed by atoms with van der Waals surface area (Å²) >= 11 is 1.68. The number of aryl methyl sites for hydroxylation is 1. The van der Waals surface area contributed by atoms with Crippen molar-refractivity contribution in [1.82, 2.24) is 19.7 Å². The summed E-state index contributed by atoms with van der Waals surface area (Å²) in [5.41, 5.74) is 4.48. The minimum Gasteiger partial charge on any atom is -0.378 e. The van der Waals surface area contributed by atoms with Crippen molar-refractivity contribution in [2.24, 2.45) is 0 Å². The van der Waals surface area contributed by atoms with Gasteiger partial charge in [0.2, 0.25) is 0 Å². The lowest BCUT2D eigenvalue weighted by Crippen LogP contribution is -2.36. The van der Waals surface area contributed by atoms with E-state index < -0.39 is 0 Å². The third-order valence-electron chi connectivity index (χ3n) is 6.36. The normalized spacial score (nSPS) is 14.1. The van der Waals surface area contributed by atoms with Crippen molar-refractivity contribution < 1.29 is 9.53 Å².